The Balaban J connectivity index is 4.16. The first-order chi connectivity index (χ1) is 37.0. The van der Waals surface area contributed by atoms with E-state index in [1.54, 1.807) is 0 Å². The normalized spacial score (nSPS) is 14.1. The molecule has 0 aromatic carbocycles. The summed E-state index contributed by atoms with van der Waals surface area (Å²) < 4.78 is 34.6. The van der Waals surface area contributed by atoms with Crippen LogP contribution in [0.5, 0.6) is 0 Å². The maximum absolute atomic E-state index is 12.8. The van der Waals surface area contributed by atoms with Gasteiger partial charge in [-0.3, -0.25) is 18.6 Å². The molecule has 2 atom stereocenters. The summed E-state index contributed by atoms with van der Waals surface area (Å²) in [5.41, 5.74) is 0. The van der Waals surface area contributed by atoms with Crippen molar-refractivity contribution in [3.8, 4) is 0 Å². The summed E-state index contributed by atoms with van der Waals surface area (Å²) in [6.45, 7) is 4.19. The molecule has 0 aliphatic carbocycles. The lowest BCUT2D eigenvalue weighted by Crippen LogP contribution is -2.37. The number of rotatable bonds is 54. The van der Waals surface area contributed by atoms with Crippen molar-refractivity contribution < 1.29 is 42.1 Å². The van der Waals surface area contributed by atoms with Gasteiger partial charge in [0, 0.05) is 12.8 Å². The van der Waals surface area contributed by atoms with Crippen molar-refractivity contribution in [1.82, 2.24) is 0 Å². The van der Waals surface area contributed by atoms with Crippen LogP contribution in [0.1, 0.15) is 232 Å². The van der Waals surface area contributed by atoms with E-state index in [0.29, 0.717) is 17.4 Å². The van der Waals surface area contributed by atoms with Gasteiger partial charge in [-0.25, -0.2) is 4.57 Å². The Morgan fingerprint density at radius 1 is 0.408 bits per heavy atom. The highest BCUT2D eigenvalue weighted by molar-refractivity contribution is 7.47. The molecule has 434 valence electrons. The van der Waals surface area contributed by atoms with Gasteiger partial charge in [0.1, 0.15) is 19.8 Å². The van der Waals surface area contributed by atoms with Crippen LogP contribution in [0.2, 0.25) is 0 Å². The molecule has 76 heavy (non-hydrogen) atoms. The molecule has 0 aromatic heterocycles. The van der Waals surface area contributed by atoms with Gasteiger partial charge in [-0.05, 0) is 103 Å². The van der Waals surface area contributed by atoms with Gasteiger partial charge >= 0.3 is 19.8 Å². The number of hydrogen-bond acceptors (Lipinski definition) is 7. The second-order valence-corrected chi connectivity index (χ2v) is 22.4. The third-order valence-electron chi connectivity index (χ3n) is 12.5. The minimum Gasteiger partial charge on any atom is -0.462 e. The number of unbranched alkanes of at least 4 members (excludes halogenated alkanes) is 20. The van der Waals surface area contributed by atoms with Crippen LogP contribution in [0, 0.1) is 0 Å². The molecule has 0 heterocycles. The average molecular weight is 1080 g/mol. The first-order valence-corrected chi connectivity index (χ1v) is 31.8. The number of likely N-dealkylation sites (N-methyl/N-ethyl adjacent to an activating group) is 1. The van der Waals surface area contributed by atoms with Gasteiger partial charge in [0.25, 0.3) is 0 Å². The first kappa shape index (κ1) is 72.4. The Hall–Kier alpha value is -3.59. The number of hydrogen-bond donors (Lipinski definition) is 1. The Labute approximate surface area is 467 Å². The number of nitrogens with zero attached hydrogens (tertiary/aromatic N) is 1. The Morgan fingerprint density at radius 3 is 1.05 bits per heavy atom. The van der Waals surface area contributed by atoms with E-state index in [2.05, 4.69) is 135 Å². The molecule has 0 saturated carbocycles. The molecule has 2 unspecified atom stereocenters. The molecule has 0 radical (unpaired) electrons. The van der Waals surface area contributed by atoms with Crippen molar-refractivity contribution in [3.05, 3.63) is 122 Å². The van der Waals surface area contributed by atoms with Gasteiger partial charge in [0.2, 0.25) is 0 Å². The standard InChI is InChI=1S/C66H112NO8P/c1-6-8-10-12-14-16-18-20-22-24-26-28-29-30-31-32-33-34-35-36-37-39-41-43-45-47-49-51-53-55-57-59-66(69)75-64(63-74-76(70,71)73-61-60-67(3,4)5)62-72-65(68)58-56-54-52-50-48-46-44-42-40-38-27-25-23-21-19-17-15-13-11-9-7-2/h8-11,14-17,20-23,26-28,30-31,33-34,38,64H,6-7,12-13,18-19,24-25,29,32,35-37,39-63H2,1-5H3/p+1/b10-8-,11-9-,16-14-,17-15-,22-20-,23-21-,28-26-,31-30-,34-33-,38-27-. The fourth-order valence-corrected chi connectivity index (χ4v) is 8.63. The minimum absolute atomic E-state index is 0.0240. The molecular formula is C66H113NO8P+. The van der Waals surface area contributed by atoms with Gasteiger partial charge in [0.15, 0.2) is 6.10 Å². The lowest BCUT2D eigenvalue weighted by molar-refractivity contribution is -0.870. The zero-order valence-electron chi connectivity index (χ0n) is 49.2. The van der Waals surface area contributed by atoms with Gasteiger partial charge in [-0.1, -0.05) is 238 Å². The number of phosphoric ester groups is 1. The summed E-state index contributed by atoms with van der Waals surface area (Å²) in [6.07, 6.45) is 79.8. The third kappa shape index (κ3) is 59.7. The number of quaternary nitrogens is 1. The SMILES string of the molecule is CC/C=C\C/C=C\C/C=C\C/C=C\C/C=C\C/C=C\CCCCCCCCCCCCCCC(=O)OC(COC(=O)CCCCCCCCCC/C=C\C/C=C\C/C=C\C/C=C\CC)COP(=O)(O)OCC[N+](C)(C)C. The van der Waals surface area contributed by atoms with E-state index < -0.39 is 26.5 Å². The summed E-state index contributed by atoms with van der Waals surface area (Å²) in [4.78, 5) is 35.7. The third-order valence-corrected chi connectivity index (χ3v) is 13.5. The molecule has 9 nitrogen and oxygen atoms in total. The fraction of sp³-hybridized carbons (Fsp3) is 0.667. The molecule has 0 saturated heterocycles. The van der Waals surface area contributed by atoms with Crippen LogP contribution < -0.4 is 0 Å². The molecule has 0 rings (SSSR count). The van der Waals surface area contributed by atoms with E-state index in [0.717, 1.165) is 116 Å². The number of allylic oxidation sites excluding steroid dienone is 20. The van der Waals surface area contributed by atoms with Crippen LogP contribution in [-0.2, 0) is 32.7 Å². The van der Waals surface area contributed by atoms with Crippen molar-refractivity contribution in [2.24, 2.45) is 0 Å². The summed E-state index contributed by atoms with van der Waals surface area (Å²) in [7, 11) is 1.46. The van der Waals surface area contributed by atoms with Gasteiger partial charge in [-0.2, -0.15) is 0 Å². The molecule has 0 fully saturated rings. The molecule has 0 aliphatic rings. The smallest absolute Gasteiger partial charge is 0.462 e. The lowest BCUT2D eigenvalue weighted by atomic mass is 10.0. The Bertz CT molecular complexity index is 1700. The van der Waals surface area contributed by atoms with E-state index in [1.807, 2.05) is 21.1 Å². The van der Waals surface area contributed by atoms with E-state index in [1.165, 1.54) is 83.5 Å². The van der Waals surface area contributed by atoms with Crippen LogP contribution in [0.15, 0.2) is 122 Å². The molecule has 0 bridgehead atoms. The highest BCUT2D eigenvalue weighted by Crippen LogP contribution is 2.43. The second kappa shape index (κ2) is 56.1. The van der Waals surface area contributed by atoms with E-state index in [9.17, 15) is 19.0 Å². The molecule has 1 N–H and O–H groups in total. The summed E-state index contributed by atoms with van der Waals surface area (Å²) in [6, 6.07) is 0. The predicted molar refractivity (Wildman–Crippen MR) is 325 cm³/mol. The fourth-order valence-electron chi connectivity index (χ4n) is 7.89. The van der Waals surface area contributed by atoms with Crippen molar-refractivity contribution in [2.75, 3.05) is 47.5 Å². The Morgan fingerprint density at radius 2 is 0.711 bits per heavy atom. The monoisotopic (exact) mass is 1080 g/mol. The van der Waals surface area contributed by atoms with Crippen LogP contribution >= 0.6 is 7.82 Å². The zero-order valence-corrected chi connectivity index (χ0v) is 50.1. The Kier molecular flexibility index (Phi) is 53.5. The minimum atomic E-state index is -4.40. The zero-order chi connectivity index (χ0) is 55.6. The number of carbonyl (C=O) groups is 2. The average Bonchev–Trinajstić information content (AvgIpc) is 3.38. The molecule has 0 amide bonds. The molecular weight excluding hydrogens is 966 g/mol. The first-order valence-electron chi connectivity index (χ1n) is 30.3. The number of carbonyl (C=O) groups excluding carboxylic acids is 2. The van der Waals surface area contributed by atoms with Crippen LogP contribution in [0.4, 0.5) is 0 Å². The number of esters is 2. The maximum Gasteiger partial charge on any atom is 0.472 e. The van der Waals surface area contributed by atoms with E-state index >= 15 is 0 Å². The van der Waals surface area contributed by atoms with Crippen molar-refractivity contribution in [1.29, 1.82) is 0 Å². The highest BCUT2D eigenvalue weighted by Gasteiger charge is 2.27. The summed E-state index contributed by atoms with van der Waals surface area (Å²) in [5.74, 6) is -0.814. The quantitative estimate of drug-likeness (QED) is 0.0211. The second-order valence-electron chi connectivity index (χ2n) is 21.0. The largest absolute Gasteiger partial charge is 0.472 e. The molecule has 0 aliphatic heterocycles. The van der Waals surface area contributed by atoms with Crippen molar-refractivity contribution in [3.63, 3.8) is 0 Å². The van der Waals surface area contributed by atoms with Crippen LogP contribution in [0.25, 0.3) is 0 Å². The summed E-state index contributed by atoms with van der Waals surface area (Å²) in [5, 5.41) is 0. The van der Waals surface area contributed by atoms with Crippen LogP contribution in [-0.4, -0.2) is 74.9 Å². The molecule has 10 heteroatoms. The highest BCUT2D eigenvalue weighted by atomic mass is 31.2. The molecule has 0 spiro atoms. The molecule has 0 aromatic rings. The van der Waals surface area contributed by atoms with E-state index in [-0.39, 0.29) is 32.0 Å². The van der Waals surface area contributed by atoms with Gasteiger partial charge < -0.3 is 18.9 Å². The lowest BCUT2D eigenvalue weighted by Gasteiger charge is -2.24. The van der Waals surface area contributed by atoms with E-state index in [4.69, 9.17) is 18.5 Å². The summed E-state index contributed by atoms with van der Waals surface area (Å²) >= 11 is 0. The van der Waals surface area contributed by atoms with Crippen LogP contribution in [0.3, 0.4) is 0 Å². The van der Waals surface area contributed by atoms with Gasteiger partial charge in [-0.15, -0.1) is 0 Å². The van der Waals surface area contributed by atoms with Gasteiger partial charge in [0.05, 0.1) is 27.7 Å². The predicted octanol–water partition coefficient (Wildman–Crippen LogP) is 19.1. The number of phosphoric acid groups is 1. The number of ether oxygens (including phenoxy) is 2. The maximum atomic E-state index is 12.8. The van der Waals surface area contributed by atoms with Crippen molar-refractivity contribution in [2.45, 2.75) is 238 Å². The van der Waals surface area contributed by atoms with Crippen molar-refractivity contribution >= 4 is 19.8 Å². The topological polar surface area (TPSA) is 108 Å².